The first-order valence-corrected chi connectivity index (χ1v) is 5.63. The Bertz CT molecular complexity index is 294. The van der Waals surface area contributed by atoms with Gasteiger partial charge in [0.2, 0.25) is 0 Å². The van der Waals surface area contributed by atoms with Crippen LogP contribution < -0.4 is 5.73 Å². The highest BCUT2D eigenvalue weighted by Crippen LogP contribution is 2.37. The van der Waals surface area contributed by atoms with Crippen molar-refractivity contribution in [3.8, 4) is 0 Å². The van der Waals surface area contributed by atoms with Gasteiger partial charge in [-0.25, -0.2) is 0 Å². The Labute approximate surface area is 90.3 Å². The summed E-state index contributed by atoms with van der Waals surface area (Å²) >= 11 is 5.85. The van der Waals surface area contributed by atoms with Gasteiger partial charge in [-0.3, -0.25) is 0 Å². The lowest BCUT2D eigenvalue weighted by atomic mass is 9.96. The van der Waals surface area contributed by atoms with E-state index in [0.717, 1.165) is 17.5 Å². The number of benzene rings is 1. The van der Waals surface area contributed by atoms with Crippen LogP contribution in [0.5, 0.6) is 0 Å². The van der Waals surface area contributed by atoms with Crippen LogP contribution in [-0.4, -0.2) is 6.54 Å². The lowest BCUT2D eigenvalue weighted by Crippen LogP contribution is -2.10. The minimum atomic E-state index is 0.709. The van der Waals surface area contributed by atoms with Crippen molar-refractivity contribution in [2.24, 2.45) is 11.7 Å². The van der Waals surface area contributed by atoms with Crippen LogP contribution in [0.15, 0.2) is 24.3 Å². The lowest BCUT2D eigenvalue weighted by molar-refractivity contribution is 0.551. The van der Waals surface area contributed by atoms with Crippen LogP contribution in [0.25, 0.3) is 0 Å². The minimum absolute atomic E-state index is 0.709. The lowest BCUT2D eigenvalue weighted by Gasteiger charge is -2.10. The predicted octanol–water partition coefficient (Wildman–Crippen LogP) is 3.18. The van der Waals surface area contributed by atoms with E-state index in [0.29, 0.717) is 5.92 Å². The molecule has 2 unspecified atom stereocenters. The first-order chi connectivity index (χ1) is 6.79. The van der Waals surface area contributed by atoms with Crippen LogP contribution in [0.3, 0.4) is 0 Å². The molecule has 2 rings (SSSR count). The van der Waals surface area contributed by atoms with Crippen molar-refractivity contribution < 1.29 is 0 Å². The number of nitrogens with two attached hydrogens (primary N) is 1. The van der Waals surface area contributed by atoms with E-state index in [1.165, 1.54) is 24.8 Å². The normalized spacial score (nSPS) is 26.7. The van der Waals surface area contributed by atoms with Gasteiger partial charge in [0.05, 0.1) is 0 Å². The average Bonchev–Trinajstić information content (AvgIpc) is 2.67. The highest BCUT2D eigenvalue weighted by Gasteiger charge is 2.24. The standard InChI is InChI=1S/C12H16ClN/c13-12-5-3-10(4-6-12)11-2-1-9(7-11)8-14/h3-6,9,11H,1-2,7-8,14H2. The second-order valence-electron chi connectivity index (χ2n) is 4.16. The second-order valence-corrected chi connectivity index (χ2v) is 4.60. The Morgan fingerprint density at radius 2 is 1.93 bits per heavy atom. The molecule has 2 atom stereocenters. The molecule has 0 amide bonds. The number of halogens is 1. The molecule has 0 heterocycles. The zero-order valence-corrected chi connectivity index (χ0v) is 9.00. The van der Waals surface area contributed by atoms with Gasteiger partial charge in [-0.15, -0.1) is 0 Å². The minimum Gasteiger partial charge on any atom is -0.330 e. The first-order valence-electron chi connectivity index (χ1n) is 5.25. The molecule has 0 spiro atoms. The van der Waals surface area contributed by atoms with Crippen LogP contribution in [0.4, 0.5) is 0 Å². The third-order valence-corrected chi connectivity index (χ3v) is 3.47. The molecule has 1 aromatic carbocycles. The van der Waals surface area contributed by atoms with E-state index in [9.17, 15) is 0 Å². The molecule has 0 radical (unpaired) electrons. The fourth-order valence-corrected chi connectivity index (χ4v) is 2.45. The van der Waals surface area contributed by atoms with Gasteiger partial charge in [0.15, 0.2) is 0 Å². The highest BCUT2D eigenvalue weighted by molar-refractivity contribution is 6.30. The van der Waals surface area contributed by atoms with Gasteiger partial charge in [-0.1, -0.05) is 23.7 Å². The molecule has 14 heavy (non-hydrogen) atoms. The molecule has 0 bridgehead atoms. The van der Waals surface area contributed by atoms with Gasteiger partial charge in [-0.05, 0) is 55.3 Å². The summed E-state index contributed by atoms with van der Waals surface area (Å²) in [5, 5.41) is 0.821. The maximum Gasteiger partial charge on any atom is 0.0406 e. The quantitative estimate of drug-likeness (QED) is 0.796. The summed E-state index contributed by atoms with van der Waals surface area (Å²) in [5.74, 6) is 1.44. The van der Waals surface area contributed by atoms with Crippen molar-refractivity contribution in [1.82, 2.24) is 0 Å². The van der Waals surface area contributed by atoms with E-state index < -0.39 is 0 Å². The van der Waals surface area contributed by atoms with E-state index in [2.05, 4.69) is 12.1 Å². The highest BCUT2D eigenvalue weighted by atomic mass is 35.5. The third kappa shape index (κ3) is 2.10. The molecular weight excluding hydrogens is 194 g/mol. The Hall–Kier alpha value is -0.530. The van der Waals surface area contributed by atoms with Crippen molar-refractivity contribution >= 4 is 11.6 Å². The summed E-state index contributed by atoms with van der Waals surface area (Å²) < 4.78 is 0. The van der Waals surface area contributed by atoms with E-state index >= 15 is 0 Å². The van der Waals surface area contributed by atoms with Crippen LogP contribution in [0, 0.1) is 5.92 Å². The van der Waals surface area contributed by atoms with Gasteiger partial charge >= 0.3 is 0 Å². The molecule has 0 saturated heterocycles. The predicted molar refractivity (Wildman–Crippen MR) is 60.6 cm³/mol. The maximum atomic E-state index is 5.85. The van der Waals surface area contributed by atoms with Crippen LogP contribution >= 0.6 is 11.6 Å². The molecule has 1 saturated carbocycles. The van der Waals surface area contributed by atoms with Crippen molar-refractivity contribution in [1.29, 1.82) is 0 Å². The summed E-state index contributed by atoms with van der Waals surface area (Å²) in [7, 11) is 0. The summed E-state index contributed by atoms with van der Waals surface area (Å²) in [5.41, 5.74) is 7.10. The molecule has 2 N–H and O–H groups in total. The molecule has 1 aromatic rings. The van der Waals surface area contributed by atoms with Gasteiger partial charge in [0.25, 0.3) is 0 Å². The van der Waals surface area contributed by atoms with Gasteiger partial charge < -0.3 is 5.73 Å². The van der Waals surface area contributed by atoms with E-state index in [4.69, 9.17) is 17.3 Å². The van der Waals surface area contributed by atoms with Crippen molar-refractivity contribution in [2.75, 3.05) is 6.54 Å². The second kappa shape index (κ2) is 4.33. The summed E-state index contributed by atoms with van der Waals surface area (Å²) in [6.07, 6.45) is 3.81. The topological polar surface area (TPSA) is 26.0 Å². The molecular formula is C12H16ClN. The smallest absolute Gasteiger partial charge is 0.0406 e. The monoisotopic (exact) mass is 209 g/mol. The van der Waals surface area contributed by atoms with E-state index in [-0.39, 0.29) is 0 Å². The summed E-state index contributed by atoms with van der Waals surface area (Å²) in [6.45, 7) is 0.837. The van der Waals surface area contributed by atoms with Crippen LogP contribution in [0.1, 0.15) is 30.7 Å². The van der Waals surface area contributed by atoms with Crippen molar-refractivity contribution in [3.05, 3.63) is 34.9 Å². The van der Waals surface area contributed by atoms with Gasteiger partial charge in [0, 0.05) is 5.02 Å². The molecule has 76 valence electrons. The number of rotatable bonds is 2. The van der Waals surface area contributed by atoms with E-state index in [1.54, 1.807) is 0 Å². The molecule has 1 fully saturated rings. The summed E-state index contributed by atoms with van der Waals surface area (Å²) in [4.78, 5) is 0. The van der Waals surface area contributed by atoms with Crippen LogP contribution in [-0.2, 0) is 0 Å². The molecule has 1 nitrogen and oxygen atoms in total. The number of hydrogen-bond acceptors (Lipinski definition) is 1. The average molecular weight is 210 g/mol. The molecule has 1 aliphatic carbocycles. The zero-order valence-electron chi connectivity index (χ0n) is 8.25. The third-order valence-electron chi connectivity index (χ3n) is 3.22. The van der Waals surface area contributed by atoms with Gasteiger partial charge in [-0.2, -0.15) is 0 Å². The molecule has 0 aliphatic heterocycles. The zero-order chi connectivity index (χ0) is 9.97. The Morgan fingerprint density at radius 3 is 2.50 bits per heavy atom. The van der Waals surface area contributed by atoms with Gasteiger partial charge in [0.1, 0.15) is 0 Å². The maximum absolute atomic E-state index is 5.85. The van der Waals surface area contributed by atoms with E-state index in [1.807, 2.05) is 12.1 Å². The number of hydrogen-bond donors (Lipinski definition) is 1. The molecule has 0 aromatic heterocycles. The SMILES string of the molecule is NCC1CCC(c2ccc(Cl)cc2)C1. The summed E-state index contributed by atoms with van der Waals surface area (Å²) in [6, 6.07) is 8.25. The molecule has 1 aliphatic rings. The molecule has 2 heteroatoms. The fourth-order valence-electron chi connectivity index (χ4n) is 2.33. The van der Waals surface area contributed by atoms with Crippen LogP contribution in [0.2, 0.25) is 5.02 Å². The largest absolute Gasteiger partial charge is 0.330 e. The fraction of sp³-hybridized carbons (Fsp3) is 0.500. The Balaban J connectivity index is 2.06. The first kappa shape index (κ1) is 10.0. The van der Waals surface area contributed by atoms with Crippen molar-refractivity contribution in [3.63, 3.8) is 0 Å². The van der Waals surface area contributed by atoms with Crippen molar-refractivity contribution in [2.45, 2.75) is 25.2 Å². The Morgan fingerprint density at radius 1 is 1.21 bits per heavy atom. The Kier molecular flexibility index (Phi) is 3.09.